The molecule has 1 aromatic carbocycles. The van der Waals surface area contributed by atoms with Crippen LogP contribution in [0.3, 0.4) is 0 Å². The summed E-state index contributed by atoms with van der Waals surface area (Å²) in [5, 5.41) is 10.3. The second-order valence-electron chi connectivity index (χ2n) is 6.67. The zero-order chi connectivity index (χ0) is 18.2. The fourth-order valence-electron chi connectivity index (χ4n) is 3.19. The highest BCUT2D eigenvalue weighted by Gasteiger charge is 2.22. The van der Waals surface area contributed by atoms with Crippen molar-refractivity contribution >= 4 is 0 Å². The number of aliphatic hydroxyl groups is 1. The first-order valence-electron chi connectivity index (χ1n) is 9.06. The van der Waals surface area contributed by atoms with E-state index in [1.165, 1.54) is 6.07 Å². The fourth-order valence-corrected chi connectivity index (χ4v) is 3.19. The third-order valence-electron chi connectivity index (χ3n) is 4.44. The molecule has 2 heterocycles. The van der Waals surface area contributed by atoms with Crippen LogP contribution in [0.5, 0.6) is 0 Å². The molecule has 6 heteroatoms. The Balaban J connectivity index is 1.52. The first-order chi connectivity index (χ1) is 12.7. The minimum absolute atomic E-state index is 0.137. The number of aliphatic hydroxyl groups excluding tert-OH is 1. The average molecular weight is 363 g/mol. The molecule has 0 bridgehead atoms. The van der Waals surface area contributed by atoms with E-state index < -0.39 is 6.10 Å². The summed E-state index contributed by atoms with van der Waals surface area (Å²) in [5.41, 5.74) is 0.620. The number of hydrogen-bond acceptors (Lipinski definition) is 5. The van der Waals surface area contributed by atoms with Gasteiger partial charge in [0.2, 0.25) is 0 Å². The first kappa shape index (κ1) is 19.0. The zero-order valence-electron chi connectivity index (χ0n) is 14.9. The van der Waals surface area contributed by atoms with Gasteiger partial charge in [0, 0.05) is 31.8 Å². The predicted octanol–water partition coefficient (Wildman–Crippen LogP) is 2.98. The largest absolute Gasteiger partial charge is 0.467 e. The van der Waals surface area contributed by atoms with Gasteiger partial charge in [0.15, 0.2) is 0 Å². The molecule has 1 saturated heterocycles. The molecule has 3 rings (SSSR count). The molecule has 1 fully saturated rings. The van der Waals surface area contributed by atoms with Crippen LogP contribution < -0.4 is 0 Å². The summed E-state index contributed by atoms with van der Waals surface area (Å²) in [7, 11) is 0. The number of furan rings is 1. The molecule has 5 nitrogen and oxygen atoms in total. The molecule has 2 aromatic rings. The molecule has 0 aliphatic carbocycles. The second kappa shape index (κ2) is 9.83. The molecule has 1 N–H and O–H groups in total. The van der Waals surface area contributed by atoms with Crippen molar-refractivity contribution in [2.45, 2.75) is 38.2 Å². The van der Waals surface area contributed by atoms with E-state index in [4.69, 9.17) is 13.9 Å². The summed E-state index contributed by atoms with van der Waals surface area (Å²) in [5.74, 6) is 0.494. The Labute approximate surface area is 153 Å². The van der Waals surface area contributed by atoms with Crippen LogP contribution in [0, 0.1) is 5.82 Å². The molecule has 0 radical (unpaired) electrons. The zero-order valence-corrected chi connectivity index (χ0v) is 14.9. The molecule has 142 valence electrons. The molecule has 1 aliphatic rings. The molecule has 1 aliphatic heterocycles. The second-order valence-corrected chi connectivity index (χ2v) is 6.67. The van der Waals surface area contributed by atoms with Crippen LogP contribution in [-0.4, -0.2) is 48.5 Å². The molecule has 26 heavy (non-hydrogen) atoms. The van der Waals surface area contributed by atoms with Crippen molar-refractivity contribution in [1.29, 1.82) is 0 Å². The molecule has 1 aromatic heterocycles. The van der Waals surface area contributed by atoms with E-state index in [-0.39, 0.29) is 18.5 Å². The number of rotatable bonds is 10. The van der Waals surface area contributed by atoms with E-state index in [9.17, 15) is 9.50 Å². The van der Waals surface area contributed by atoms with Crippen molar-refractivity contribution in [1.82, 2.24) is 4.90 Å². The van der Waals surface area contributed by atoms with Crippen LogP contribution in [0.25, 0.3) is 0 Å². The summed E-state index contributed by atoms with van der Waals surface area (Å²) >= 11 is 0. The molecular weight excluding hydrogens is 337 g/mol. The summed E-state index contributed by atoms with van der Waals surface area (Å²) in [6.07, 6.45) is 3.11. The lowest BCUT2D eigenvalue weighted by molar-refractivity contribution is -0.00655. The van der Waals surface area contributed by atoms with E-state index in [1.54, 1.807) is 24.5 Å². The average Bonchev–Trinajstić information content (AvgIpc) is 3.31. The van der Waals surface area contributed by atoms with Crippen molar-refractivity contribution in [2.24, 2.45) is 0 Å². The van der Waals surface area contributed by atoms with Crippen molar-refractivity contribution in [2.75, 3.05) is 26.3 Å². The predicted molar refractivity (Wildman–Crippen MR) is 95.0 cm³/mol. The number of ether oxygens (including phenoxy) is 2. The molecule has 0 saturated carbocycles. The van der Waals surface area contributed by atoms with E-state index in [0.717, 1.165) is 25.2 Å². The third-order valence-corrected chi connectivity index (χ3v) is 4.44. The maximum atomic E-state index is 14.0. The maximum Gasteiger partial charge on any atom is 0.129 e. The van der Waals surface area contributed by atoms with Gasteiger partial charge >= 0.3 is 0 Å². The number of hydrogen-bond donors (Lipinski definition) is 1. The van der Waals surface area contributed by atoms with Crippen LogP contribution in [-0.2, 0) is 22.6 Å². The topological polar surface area (TPSA) is 55.1 Å². The van der Waals surface area contributed by atoms with Gasteiger partial charge in [-0.1, -0.05) is 18.2 Å². The van der Waals surface area contributed by atoms with E-state index >= 15 is 0 Å². The summed E-state index contributed by atoms with van der Waals surface area (Å²) < 4.78 is 30.4. The molecule has 0 spiro atoms. The van der Waals surface area contributed by atoms with Crippen LogP contribution in [0.4, 0.5) is 4.39 Å². The van der Waals surface area contributed by atoms with E-state index in [1.807, 2.05) is 17.0 Å². The lowest BCUT2D eigenvalue weighted by atomic mass is 10.1. The van der Waals surface area contributed by atoms with Gasteiger partial charge in [-0.3, -0.25) is 4.90 Å². The lowest BCUT2D eigenvalue weighted by Gasteiger charge is -2.27. The first-order valence-corrected chi connectivity index (χ1v) is 9.06. The van der Waals surface area contributed by atoms with E-state index in [0.29, 0.717) is 31.8 Å². The van der Waals surface area contributed by atoms with Crippen LogP contribution in [0.2, 0.25) is 0 Å². The summed E-state index contributed by atoms with van der Waals surface area (Å²) in [6, 6.07) is 10.4. The molecular formula is C20H26FNO4. The van der Waals surface area contributed by atoms with Gasteiger partial charge in [-0.15, -0.1) is 0 Å². The molecule has 0 amide bonds. The molecule has 0 unspecified atom stereocenters. The Morgan fingerprint density at radius 3 is 2.88 bits per heavy atom. The van der Waals surface area contributed by atoms with Gasteiger partial charge in [-0.05, 0) is 31.0 Å². The fraction of sp³-hybridized carbons (Fsp3) is 0.500. The Morgan fingerprint density at radius 1 is 1.27 bits per heavy atom. The quantitative estimate of drug-likeness (QED) is 0.703. The van der Waals surface area contributed by atoms with Crippen LogP contribution in [0.15, 0.2) is 47.1 Å². The Bertz CT molecular complexity index is 643. The van der Waals surface area contributed by atoms with E-state index in [2.05, 4.69) is 0 Å². The maximum absolute atomic E-state index is 14.0. The van der Waals surface area contributed by atoms with Crippen molar-refractivity contribution in [3.8, 4) is 0 Å². The highest BCUT2D eigenvalue weighted by Crippen LogP contribution is 2.17. The van der Waals surface area contributed by atoms with Crippen molar-refractivity contribution in [3.63, 3.8) is 0 Å². The van der Waals surface area contributed by atoms with Crippen LogP contribution >= 0.6 is 0 Å². The highest BCUT2D eigenvalue weighted by molar-refractivity contribution is 5.17. The summed E-state index contributed by atoms with van der Waals surface area (Å²) in [4.78, 5) is 2.04. The minimum Gasteiger partial charge on any atom is -0.467 e. The number of benzene rings is 1. The van der Waals surface area contributed by atoms with Crippen molar-refractivity contribution < 1.29 is 23.4 Å². The van der Waals surface area contributed by atoms with Gasteiger partial charge in [-0.25, -0.2) is 4.39 Å². The van der Waals surface area contributed by atoms with Crippen molar-refractivity contribution in [3.05, 3.63) is 59.8 Å². The third kappa shape index (κ3) is 5.92. The summed E-state index contributed by atoms with van der Waals surface area (Å²) in [6.45, 7) is 2.79. The van der Waals surface area contributed by atoms with Gasteiger partial charge in [-0.2, -0.15) is 0 Å². The van der Waals surface area contributed by atoms with Gasteiger partial charge in [0.05, 0.1) is 25.1 Å². The Morgan fingerprint density at radius 2 is 2.15 bits per heavy atom. The van der Waals surface area contributed by atoms with Crippen LogP contribution in [0.1, 0.15) is 24.2 Å². The Hall–Kier alpha value is -1.73. The number of nitrogens with zero attached hydrogens (tertiary/aromatic N) is 1. The number of halogens is 1. The normalized spacial score (nSPS) is 18.5. The lowest BCUT2D eigenvalue weighted by Crippen LogP contribution is -2.39. The highest BCUT2D eigenvalue weighted by atomic mass is 19.1. The van der Waals surface area contributed by atoms with Gasteiger partial charge in [0.25, 0.3) is 0 Å². The Kier molecular flexibility index (Phi) is 7.20. The monoisotopic (exact) mass is 363 g/mol. The smallest absolute Gasteiger partial charge is 0.129 e. The van der Waals surface area contributed by atoms with Gasteiger partial charge < -0.3 is 19.0 Å². The SMILES string of the molecule is O[C@@H](COCc1ccco1)CN(Cc1ccccc1F)C[C@H]1CCCO1. The standard InChI is InChI=1S/C20H26FNO4/c21-20-8-2-1-5-16(20)11-22(13-18-6-3-9-25-18)12-17(23)14-24-15-19-7-4-10-26-19/h1-2,4-5,7-8,10,17-18,23H,3,6,9,11-15H2/t17-,18-/m1/s1. The van der Waals surface area contributed by atoms with Gasteiger partial charge in [0.1, 0.15) is 18.2 Å². The minimum atomic E-state index is -0.668. The molecule has 2 atom stereocenters.